The maximum absolute atomic E-state index is 9.32. The molecular formula is C12H10N2O2. The number of phenols is 1. The van der Waals surface area contributed by atoms with E-state index in [1.54, 1.807) is 24.7 Å². The second-order valence-corrected chi connectivity index (χ2v) is 3.67. The fourth-order valence-corrected chi connectivity index (χ4v) is 1.71. The molecule has 1 N–H and O–H groups in total. The molecule has 80 valence electrons. The molecule has 1 aromatic carbocycles. The number of imidazole rings is 1. The number of aromatic hydroxyl groups is 1. The van der Waals surface area contributed by atoms with Crippen molar-refractivity contribution in [3.05, 3.63) is 48.7 Å². The first-order chi connectivity index (χ1) is 7.81. The topological polar surface area (TPSA) is 51.2 Å². The zero-order valence-corrected chi connectivity index (χ0v) is 8.50. The first kappa shape index (κ1) is 9.03. The van der Waals surface area contributed by atoms with Gasteiger partial charge in [0.05, 0.1) is 12.9 Å². The van der Waals surface area contributed by atoms with Crippen molar-refractivity contribution in [1.29, 1.82) is 0 Å². The summed E-state index contributed by atoms with van der Waals surface area (Å²) in [7, 11) is 0. The molecule has 4 heteroatoms. The van der Waals surface area contributed by atoms with E-state index < -0.39 is 0 Å². The van der Waals surface area contributed by atoms with E-state index in [-0.39, 0.29) is 5.75 Å². The van der Waals surface area contributed by atoms with E-state index >= 15 is 0 Å². The number of furan rings is 1. The number of phenolic OH excluding ortho intramolecular Hbond substituents is 1. The van der Waals surface area contributed by atoms with Crippen LogP contribution in [0.4, 0.5) is 0 Å². The predicted octanol–water partition coefficient (Wildman–Crippen LogP) is 2.38. The van der Waals surface area contributed by atoms with Crippen LogP contribution in [-0.4, -0.2) is 14.7 Å². The molecule has 16 heavy (non-hydrogen) atoms. The molecule has 0 bridgehead atoms. The van der Waals surface area contributed by atoms with Crippen LogP contribution in [0, 0.1) is 0 Å². The minimum absolute atomic E-state index is 0.219. The maximum atomic E-state index is 9.32. The number of hydrogen-bond donors (Lipinski definition) is 1. The predicted molar refractivity (Wildman–Crippen MR) is 59.2 cm³/mol. The van der Waals surface area contributed by atoms with Gasteiger partial charge in [0.25, 0.3) is 0 Å². The summed E-state index contributed by atoms with van der Waals surface area (Å²) in [5, 5.41) is 10.3. The van der Waals surface area contributed by atoms with E-state index in [0.29, 0.717) is 12.1 Å². The van der Waals surface area contributed by atoms with Crippen molar-refractivity contribution in [1.82, 2.24) is 9.55 Å². The lowest BCUT2D eigenvalue weighted by Gasteiger charge is -1.96. The van der Waals surface area contributed by atoms with Crippen LogP contribution in [0.1, 0.15) is 5.76 Å². The zero-order chi connectivity index (χ0) is 11.0. The van der Waals surface area contributed by atoms with Crippen LogP contribution >= 0.6 is 0 Å². The van der Waals surface area contributed by atoms with E-state index in [9.17, 15) is 5.11 Å². The molecule has 0 aliphatic heterocycles. The van der Waals surface area contributed by atoms with E-state index in [1.807, 2.05) is 22.9 Å². The van der Waals surface area contributed by atoms with Crippen molar-refractivity contribution in [2.75, 3.05) is 0 Å². The fourth-order valence-electron chi connectivity index (χ4n) is 1.71. The molecular weight excluding hydrogens is 204 g/mol. The second kappa shape index (κ2) is 3.41. The average molecular weight is 214 g/mol. The number of fused-ring (bicyclic) bond motifs is 1. The molecule has 0 saturated heterocycles. The Morgan fingerprint density at radius 2 is 2.25 bits per heavy atom. The highest BCUT2D eigenvalue weighted by molar-refractivity contribution is 5.79. The summed E-state index contributed by atoms with van der Waals surface area (Å²) >= 11 is 0. The molecule has 0 spiro atoms. The standard InChI is InChI=1S/C12H10N2O2/c15-10-2-1-9-5-11(16-12(9)6-10)7-14-4-3-13-8-14/h1-6,8,15H,7H2. The highest BCUT2D eigenvalue weighted by atomic mass is 16.3. The van der Waals surface area contributed by atoms with Gasteiger partial charge in [-0.3, -0.25) is 0 Å². The Hall–Kier alpha value is -2.23. The summed E-state index contributed by atoms with van der Waals surface area (Å²) in [5.74, 6) is 1.06. The summed E-state index contributed by atoms with van der Waals surface area (Å²) < 4.78 is 7.54. The third kappa shape index (κ3) is 1.54. The molecule has 0 atom stereocenters. The fraction of sp³-hybridized carbons (Fsp3) is 0.0833. The van der Waals surface area contributed by atoms with Crippen LogP contribution < -0.4 is 0 Å². The van der Waals surface area contributed by atoms with E-state index in [4.69, 9.17) is 4.42 Å². The smallest absolute Gasteiger partial charge is 0.138 e. The van der Waals surface area contributed by atoms with Gasteiger partial charge in [0.15, 0.2) is 0 Å². The van der Waals surface area contributed by atoms with Gasteiger partial charge in [0.1, 0.15) is 17.1 Å². The van der Waals surface area contributed by atoms with Gasteiger partial charge in [-0.05, 0) is 18.2 Å². The first-order valence-electron chi connectivity index (χ1n) is 4.98. The van der Waals surface area contributed by atoms with E-state index in [1.165, 1.54) is 0 Å². The van der Waals surface area contributed by atoms with Gasteiger partial charge < -0.3 is 14.1 Å². The molecule has 2 heterocycles. The summed E-state index contributed by atoms with van der Waals surface area (Å²) in [6.45, 7) is 0.648. The molecule has 0 saturated carbocycles. The van der Waals surface area contributed by atoms with Gasteiger partial charge in [-0.2, -0.15) is 0 Å². The Balaban J connectivity index is 1.99. The molecule has 0 amide bonds. The van der Waals surface area contributed by atoms with E-state index in [0.717, 1.165) is 11.1 Å². The van der Waals surface area contributed by atoms with Crippen molar-refractivity contribution in [2.24, 2.45) is 0 Å². The van der Waals surface area contributed by atoms with Gasteiger partial charge in [0.2, 0.25) is 0 Å². The lowest BCUT2D eigenvalue weighted by atomic mass is 10.2. The Labute approximate surface area is 91.8 Å². The largest absolute Gasteiger partial charge is 0.508 e. The molecule has 2 aromatic heterocycles. The molecule has 3 rings (SSSR count). The minimum Gasteiger partial charge on any atom is -0.508 e. The van der Waals surface area contributed by atoms with Gasteiger partial charge in [0, 0.05) is 23.8 Å². The quantitative estimate of drug-likeness (QED) is 0.712. The van der Waals surface area contributed by atoms with Crippen LogP contribution in [0.15, 0.2) is 47.4 Å². The van der Waals surface area contributed by atoms with Crippen LogP contribution in [0.5, 0.6) is 5.75 Å². The Kier molecular flexibility index (Phi) is 1.93. The van der Waals surface area contributed by atoms with Gasteiger partial charge in [-0.1, -0.05) is 0 Å². The van der Waals surface area contributed by atoms with Crippen molar-refractivity contribution in [3.8, 4) is 5.75 Å². The van der Waals surface area contributed by atoms with Crippen LogP contribution in [-0.2, 0) is 6.54 Å². The molecule has 0 radical (unpaired) electrons. The average Bonchev–Trinajstić information content (AvgIpc) is 2.86. The molecule has 4 nitrogen and oxygen atoms in total. The van der Waals surface area contributed by atoms with Crippen molar-refractivity contribution in [3.63, 3.8) is 0 Å². The molecule has 0 aliphatic carbocycles. The van der Waals surface area contributed by atoms with Crippen molar-refractivity contribution < 1.29 is 9.52 Å². The third-order valence-corrected chi connectivity index (χ3v) is 2.45. The number of rotatable bonds is 2. The monoisotopic (exact) mass is 214 g/mol. The minimum atomic E-state index is 0.219. The summed E-state index contributed by atoms with van der Waals surface area (Å²) in [6.07, 6.45) is 5.35. The maximum Gasteiger partial charge on any atom is 0.138 e. The van der Waals surface area contributed by atoms with Crippen molar-refractivity contribution in [2.45, 2.75) is 6.54 Å². The number of nitrogens with zero attached hydrogens (tertiary/aromatic N) is 2. The summed E-state index contributed by atoms with van der Waals surface area (Å²) in [6, 6.07) is 7.08. The second-order valence-electron chi connectivity index (χ2n) is 3.67. The molecule has 0 unspecified atom stereocenters. The lowest BCUT2D eigenvalue weighted by Crippen LogP contribution is -1.93. The number of aromatic nitrogens is 2. The first-order valence-corrected chi connectivity index (χ1v) is 4.98. The Morgan fingerprint density at radius 3 is 3.06 bits per heavy atom. The molecule has 0 aliphatic rings. The Morgan fingerprint density at radius 1 is 1.31 bits per heavy atom. The normalized spacial score (nSPS) is 11.0. The SMILES string of the molecule is Oc1ccc2cc(Cn3ccnc3)oc2c1. The van der Waals surface area contributed by atoms with Crippen LogP contribution in [0.2, 0.25) is 0 Å². The zero-order valence-electron chi connectivity index (χ0n) is 8.50. The van der Waals surface area contributed by atoms with Gasteiger partial charge >= 0.3 is 0 Å². The summed E-state index contributed by atoms with van der Waals surface area (Å²) in [4.78, 5) is 3.97. The van der Waals surface area contributed by atoms with E-state index in [2.05, 4.69) is 4.98 Å². The van der Waals surface area contributed by atoms with Crippen LogP contribution in [0.3, 0.4) is 0 Å². The molecule has 3 aromatic rings. The van der Waals surface area contributed by atoms with Gasteiger partial charge in [-0.15, -0.1) is 0 Å². The number of hydrogen-bond acceptors (Lipinski definition) is 3. The highest BCUT2D eigenvalue weighted by Gasteiger charge is 2.04. The molecule has 0 fully saturated rings. The highest BCUT2D eigenvalue weighted by Crippen LogP contribution is 2.23. The summed E-state index contributed by atoms with van der Waals surface area (Å²) in [5.41, 5.74) is 0.704. The van der Waals surface area contributed by atoms with Crippen molar-refractivity contribution >= 4 is 11.0 Å². The lowest BCUT2D eigenvalue weighted by molar-refractivity contribution is 0.473. The third-order valence-electron chi connectivity index (χ3n) is 2.45. The van der Waals surface area contributed by atoms with Crippen LogP contribution in [0.25, 0.3) is 11.0 Å². The number of benzene rings is 1. The Bertz CT molecular complexity index is 611. The van der Waals surface area contributed by atoms with Gasteiger partial charge in [-0.25, -0.2) is 4.98 Å².